The summed E-state index contributed by atoms with van der Waals surface area (Å²) >= 11 is 0. The molecule has 8 heteroatoms. The molecule has 0 radical (unpaired) electrons. The van der Waals surface area contributed by atoms with E-state index in [1.807, 2.05) is 6.92 Å². The third kappa shape index (κ3) is 4.48. The molecule has 2 N–H and O–H groups in total. The van der Waals surface area contributed by atoms with Crippen molar-refractivity contribution in [2.45, 2.75) is 18.2 Å². The summed E-state index contributed by atoms with van der Waals surface area (Å²) in [6.45, 7) is 3.89. The number of halogens is 1. The molecular formula is C20H26ClN3O3S. The molecule has 2 aromatic carbocycles. The van der Waals surface area contributed by atoms with E-state index in [1.165, 1.54) is 11.4 Å². The van der Waals surface area contributed by atoms with E-state index in [0.717, 1.165) is 12.0 Å². The molecular weight excluding hydrogens is 398 g/mol. The first kappa shape index (κ1) is 22.2. The van der Waals surface area contributed by atoms with Gasteiger partial charge in [0.05, 0.1) is 10.6 Å². The number of amides is 1. The zero-order chi connectivity index (χ0) is 19.6. The van der Waals surface area contributed by atoms with Gasteiger partial charge in [0.2, 0.25) is 0 Å². The van der Waals surface area contributed by atoms with Crippen molar-refractivity contribution in [3.63, 3.8) is 0 Å². The molecule has 3 rings (SSSR count). The fraction of sp³-hybridized carbons (Fsp3) is 0.350. The molecule has 1 atom stereocenters. The van der Waals surface area contributed by atoms with Crippen LogP contribution in [0.25, 0.3) is 0 Å². The zero-order valence-corrected chi connectivity index (χ0v) is 17.7. The Hall–Kier alpha value is -2.09. The van der Waals surface area contributed by atoms with E-state index >= 15 is 0 Å². The van der Waals surface area contributed by atoms with Gasteiger partial charge >= 0.3 is 0 Å². The van der Waals surface area contributed by atoms with E-state index in [-0.39, 0.29) is 23.2 Å². The second-order valence-electron chi connectivity index (χ2n) is 6.97. The molecule has 1 saturated heterocycles. The van der Waals surface area contributed by atoms with Crippen LogP contribution in [-0.2, 0) is 10.0 Å². The van der Waals surface area contributed by atoms with Gasteiger partial charge in [-0.15, -0.1) is 12.4 Å². The van der Waals surface area contributed by atoms with E-state index < -0.39 is 10.0 Å². The van der Waals surface area contributed by atoms with Gasteiger partial charge in [-0.05, 0) is 62.2 Å². The van der Waals surface area contributed by atoms with Crippen LogP contribution in [0.5, 0.6) is 0 Å². The maximum Gasteiger partial charge on any atom is 0.264 e. The van der Waals surface area contributed by atoms with Crippen LogP contribution in [0.2, 0.25) is 0 Å². The number of hydrogen-bond donors (Lipinski definition) is 1. The number of carbonyl (C=O) groups is 1. The Morgan fingerprint density at radius 1 is 1.14 bits per heavy atom. The minimum absolute atomic E-state index is 0. The molecule has 0 bridgehead atoms. The second-order valence-corrected chi connectivity index (χ2v) is 8.94. The zero-order valence-electron chi connectivity index (χ0n) is 16.0. The van der Waals surface area contributed by atoms with Crippen molar-refractivity contribution in [2.75, 3.05) is 31.0 Å². The summed E-state index contributed by atoms with van der Waals surface area (Å²) in [5.74, 6) is 0.320. The molecule has 6 nitrogen and oxygen atoms in total. The Bertz CT molecular complexity index is 915. The van der Waals surface area contributed by atoms with Crippen LogP contribution >= 0.6 is 12.4 Å². The van der Waals surface area contributed by atoms with Crippen LogP contribution in [0.3, 0.4) is 0 Å². The number of hydrogen-bond acceptors (Lipinski definition) is 4. The molecule has 0 aromatic heterocycles. The fourth-order valence-corrected chi connectivity index (χ4v) is 4.41. The van der Waals surface area contributed by atoms with Gasteiger partial charge in [-0.1, -0.05) is 17.7 Å². The summed E-state index contributed by atoms with van der Waals surface area (Å²) in [6.07, 6.45) is 0.928. The van der Waals surface area contributed by atoms with Crippen LogP contribution in [0.15, 0.2) is 53.4 Å². The molecule has 0 saturated carbocycles. The molecule has 1 fully saturated rings. The number of nitrogens with two attached hydrogens (primary N) is 1. The molecule has 2 aromatic rings. The van der Waals surface area contributed by atoms with E-state index in [9.17, 15) is 13.2 Å². The lowest BCUT2D eigenvalue weighted by molar-refractivity contribution is 0.0787. The number of nitrogens with zero attached hydrogens (tertiary/aromatic N) is 2. The van der Waals surface area contributed by atoms with E-state index in [1.54, 1.807) is 53.4 Å². The molecule has 1 aliphatic heterocycles. The maximum atomic E-state index is 12.8. The first-order valence-corrected chi connectivity index (χ1v) is 10.4. The number of anilines is 1. The Morgan fingerprint density at radius 2 is 1.75 bits per heavy atom. The molecule has 1 unspecified atom stereocenters. The summed E-state index contributed by atoms with van der Waals surface area (Å²) in [6, 6.07) is 13.4. The lowest BCUT2D eigenvalue weighted by atomic mass is 10.1. The largest absolute Gasteiger partial charge is 0.338 e. The minimum atomic E-state index is -3.64. The number of likely N-dealkylation sites (tertiary alicyclic amines) is 1. The van der Waals surface area contributed by atoms with Gasteiger partial charge in [-0.3, -0.25) is 9.10 Å². The maximum absolute atomic E-state index is 12.8. The SMILES string of the molecule is Cc1ccc(S(=O)(=O)N(C)c2ccc(C(=O)N3CCC(CN)C3)cc2)cc1.Cl. The number of benzene rings is 2. The van der Waals surface area contributed by atoms with Crippen molar-refractivity contribution in [1.29, 1.82) is 0 Å². The van der Waals surface area contributed by atoms with Gasteiger partial charge < -0.3 is 10.6 Å². The molecule has 1 aliphatic rings. The van der Waals surface area contributed by atoms with Crippen molar-refractivity contribution < 1.29 is 13.2 Å². The first-order chi connectivity index (χ1) is 12.8. The fourth-order valence-electron chi connectivity index (χ4n) is 3.21. The van der Waals surface area contributed by atoms with Crippen molar-refractivity contribution in [1.82, 2.24) is 4.90 Å². The van der Waals surface area contributed by atoms with Gasteiger partial charge in [0.1, 0.15) is 0 Å². The predicted octanol–water partition coefficient (Wildman–Crippen LogP) is 2.66. The normalized spacial score (nSPS) is 16.5. The lowest BCUT2D eigenvalue weighted by Crippen LogP contribution is -2.30. The van der Waals surface area contributed by atoms with Crippen LogP contribution in [-0.4, -0.2) is 45.9 Å². The van der Waals surface area contributed by atoms with Crippen LogP contribution in [0.1, 0.15) is 22.3 Å². The topological polar surface area (TPSA) is 83.7 Å². The molecule has 152 valence electrons. The van der Waals surface area contributed by atoms with Gasteiger partial charge in [-0.2, -0.15) is 0 Å². The summed E-state index contributed by atoms with van der Waals surface area (Å²) < 4.78 is 26.8. The van der Waals surface area contributed by atoms with Crippen molar-refractivity contribution in [2.24, 2.45) is 11.7 Å². The highest BCUT2D eigenvalue weighted by atomic mass is 35.5. The Labute approximate surface area is 172 Å². The highest BCUT2D eigenvalue weighted by molar-refractivity contribution is 7.92. The van der Waals surface area contributed by atoms with E-state index in [0.29, 0.717) is 36.8 Å². The smallest absolute Gasteiger partial charge is 0.264 e. The molecule has 0 spiro atoms. The van der Waals surface area contributed by atoms with Gasteiger partial charge in [0, 0.05) is 25.7 Å². The second kappa shape index (κ2) is 8.94. The van der Waals surface area contributed by atoms with Crippen molar-refractivity contribution in [3.05, 3.63) is 59.7 Å². The first-order valence-electron chi connectivity index (χ1n) is 8.98. The number of carbonyl (C=O) groups excluding carboxylic acids is 1. The average molecular weight is 424 g/mol. The van der Waals surface area contributed by atoms with Crippen molar-refractivity contribution >= 4 is 34.0 Å². The van der Waals surface area contributed by atoms with Gasteiger partial charge in [-0.25, -0.2) is 8.42 Å². The summed E-state index contributed by atoms with van der Waals surface area (Å²) in [4.78, 5) is 14.6. The third-order valence-corrected chi connectivity index (χ3v) is 6.86. The van der Waals surface area contributed by atoms with E-state index in [2.05, 4.69) is 0 Å². The Morgan fingerprint density at radius 3 is 2.29 bits per heavy atom. The Kier molecular flexibility index (Phi) is 7.09. The molecule has 1 heterocycles. The van der Waals surface area contributed by atoms with Gasteiger partial charge in [0.25, 0.3) is 15.9 Å². The van der Waals surface area contributed by atoms with E-state index in [4.69, 9.17) is 5.73 Å². The quantitative estimate of drug-likeness (QED) is 0.801. The highest BCUT2D eigenvalue weighted by Crippen LogP contribution is 2.24. The Balaban J connectivity index is 0.00000280. The highest BCUT2D eigenvalue weighted by Gasteiger charge is 2.26. The van der Waals surface area contributed by atoms with Crippen LogP contribution in [0, 0.1) is 12.8 Å². The summed E-state index contributed by atoms with van der Waals surface area (Å²) in [5.41, 5.74) is 7.74. The molecule has 28 heavy (non-hydrogen) atoms. The lowest BCUT2D eigenvalue weighted by Gasteiger charge is -2.21. The standard InChI is InChI=1S/C20H25N3O3S.ClH/c1-15-3-9-19(10-4-15)27(25,26)22(2)18-7-5-17(6-8-18)20(24)23-12-11-16(13-21)14-23;/h3-10,16H,11-14,21H2,1-2H3;1H. The monoisotopic (exact) mass is 423 g/mol. The number of aryl methyl sites for hydroxylation is 1. The predicted molar refractivity (Wildman–Crippen MR) is 114 cm³/mol. The third-order valence-electron chi connectivity index (χ3n) is 5.06. The minimum Gasteiger partial charge on any atom is -0.338 e. The van der Waals surface area contributed by atoms with Crippen LogP contribution in [0.4, 0.5) is 5.69 Å². The summed E-state index contributed by atoms with van der Waals surface area (Å²) in [7, 11) is -2.13. The van der Waals surface area contributed by atoms with Crippen molar-refractivity contribution in [3.8, 4) is 0 Å². The summed E-state index contributed by atoms with van der Waals surface area (Å²) in [5, 5.41) is 0. The number of sulfonamides is 1. The number of rotatable bonds is 5. The van der Waals surface area contributed by atoms with Crippen LogP contribution < -0.4 is 10.0 Å². The molecule has 0 aliphatic carbocycles. The average Bonchev–Trinajstić information content (AvgIpc) is 3.16. The van der Waals surface area contributed by atoms with Gasteiger partial charge in [0.15, 0.2) is 0 Å². The molecule has 1 amide bonds.